The second-order valence-electron chi connectivity index (χ2n) is 4.53. The molecule has 0 saturated heterocycles. The van der Waals surface area contributed by atoms with E-state index in [1.54, 1.807) is 13.8 Å². The number of hydrogen-bond donors (Lipinski definition) is 1. The Hall–Kier alpha value is -2.74. The number of hydrogen-bond acceptors (Lipinski definition) is 5. The first-order valence-corrected chi connectivity index (χ1v) is 6.60. The predicted octanol–water partition coefficient (Wildman–Crippen LogP) is 2.33. The maximum Gasteiger partial charge on any atom is 0.338 e. The molecule has 2 rings (SSSR count). The van der Waals surface area contributed by atoms with Gasteiger partial charge in [0, 0.05) is 0 Å². The van der Waals surface area contributed by atoms with Gasteiger partial charge in [-0.1, -0.05) is 30.3 Å². The van der Waals surface area contributed by atoms with Crippen LogP contribution in [0.5, 0.6) is 0 Å². The molecule has 1 heterocycles. The van der Waals surface area contributed by atoms with Crippen molar-refractivity contribution in [3.8, 4) is 6.07 Å². The number of nitrogens with zero attached hydrogens (tertiary/aromatic N) is 1. The van der Waals surface area contributed by atoms with Crippen molar-refractivity contribution < 1.29 is 14.3 Å². The molecule has 2 N–H and O–H groups in total. The van der Waals surface area contributed by atoms with Crippen LogP contribution in [0.2, 0.25) is 0 Å². The molecule has 1 atom stereocenters. The van der Waals surface area contributed by atoms with Gasteiger partial charge in [-0.2, -0.15) is 5.26 Å². The molecule has 0 saturated carbocycles. The first-order chi connectivity index (χ1) is 10.1. The smallest absolute Gasteiger partial charge is 0.338 e. The summed E-state index contributed by atoms with van der Waals surface area (Å²) >= 11 is 0. The van der Waals surface area contributed by atoms with E-state index in [0.29, 0.717) is 11.3 Å². The van der Waals surface area contributed by atoms with Crippen molar-refractivity contribution in [2.24, 2.45) is 5.73 Å². The van der Waals surface area contributed by atoms with Gasteiger partial charge >= 0.3 is 5.97 Å². The summed E-state index contributed by atoms with van der Waals surface area (Å²) in [6.07, 6.45) is 0. The standard InChI is InChI=1S/C16H16N2O3/c1-3-20-16(19)13-10(2)21-15(18)12(9-17)14(13)11-7-5-4-6-8-11/h4-8,14H,3,18H2,1-2H3/t14-/m1/s1. The van der Waals surface area contributed by atoms with Crippen LogP contribution in [-0.4, -0.2) is 12.6 Å². The van der Waals surface area contributed by atoms with Crippen LogP contribution >= 0.6 is 0 Å². The molecule has 1 aliphatic rings. The lowest BCUT2D eigenvalue weighted by molar-refractivity contribution is -0.139. The monoisotopic (exact) mass is 284 g/mol. The van der Waals surface area contributed by atoms with Crippen LogP contribution in [0.15, 0.2) is 53.1 Å². The van der Waals surface area contributed by atoms with E-state index in [0.717, 1.165) is 5.56 Å². The van der Waals surface area contributed by atoms with Crippen molar-refractivity contribution >= 4 is 5.97 Å². The van der Waals surface area contributed by atoms with Gasteiger partial charge < -0.3 is 15.2 Å². The third-order valence-corrected chi connectivity index (χ3v) is 3.23. The maximum atomic E-state index is 12.2. The molecule has 0 aliphatic carbocycles. The molecule has 5 heteroatoms. The molecule has 0 unspecified atom stereocenters. The van der Waals surface area contributed by atoms with Crippen molar-refractivity contribution in [1.82, 2.24) is 0 Å². The molecule has 1 aromatic rings. The molecule has 1 aromatic carbocycles. The van der Waals surface area contributed by atoms with Crippen LogP contribution < -0.4 is 5.73 Å². The fourth-order valence-corrected chi connectivity index (χ4v) is 2.33. The van der Waals surface area contributed by atoms with Gasteiger partial charge in [-0.3, -0.25) is 0 Å². The minimum absolute atomic E-state index is 0.0249. The maximum absolute atomic E-state index is 12.2. The number of carbonyl (C=O) groups is 1. The minimum Gasteiger partial charge on any atom is -0.463 e. The molecular formula is C16H16N2O3. The van der Waals surface area contributed by atoms with Crippen LogP contribution in [0, 0.1) is 11.3 Å². The molecule has 21 heavy (non-hydrogen) atoms. The lowest BCUT2D eigenvalue weighted by Gasteiger charge is -2.26. The van der Waals surface area contributed by atoms with E-state index < -0.39 is 11.9 Å². The third kappa shape index (κ3) is 2.75. The number of benzene rings is 1. The largest absolute Gasteiger partial charge is 0.463 e. The van der Waals surface area contributed by atoms with Gasteiger partial charge in [-0.25, -0.2) is 4.79 Å². The first-order valence-electron chi connectivity index (χ1n) is 6.60. The molecular weight excluding hydrogens is 268 g/mol. The zero-order chi connectivity index (χ0) is 15.4. The Kier molecular flexibility index (Phi) is 4.29. The Morgan fingerprint density at radius 1 is 1.43 bits per heavy atom. The highest BCUT2D eigenvalue weighted by Crippen LogP contribution is 2.39. The summed E-state index contributed by atoms with van der Waals surface area (Å²) in [6, 6.07) is 11.3. The van der Waals surface area contributed by atoms with Gasteiger partial charge in [0.25, 0.3) is 0 Å². The van der Waals surface area contributed by atoms with Gasteiger partial charge in [0.05, 0.1) is 18.1 Å². The molecule has 1 aliphatic heterocycles. The van der Waals surface area contributed by atoms with Gasteiger partial charge in [0.2, 0.25) is 5.88 Å². The molecule has 108 valence electrons. The van der Waals surface area contributed by atoms with E-state index >= 15 is 0 Å². The molecule has 0 spiro atoms. The Balaban J connectivity index is 2.58. The van der Waals surface area contributed by atoms with Crippen molar-refractivity contribution in [3.05, 3.63) is 58.7 Å². The van der Waals surface area contributed by atoms with Crippen LogP contribution in [0.4, 0.5) is 0 Å². The minimum atomic E-state index is -0.566. The van der Waals surface area contributed by atoms with E-state index in [9.17, 15) is 10.1 Å². The SMILES string of the molecule is CCOC(=O)C1=C(C)OC(N)=C(C#N)[C@H]1c1ccccc1. The Morgan fingerprint density at radius 2 is 2.10 bits per heavy atom. The van der Waals surface area contributed by atoms with E-state index in [-0.39, 0.29) is 18.1 Å². The number of rotatable bonds is 3. The second-order valence-corrected chi connectivity index (χ2v) is 4.53. The van der Waals surface area contributed by atoms with Crippen molar-refractivity contribution in [3.63, 3.8) is 0 Å². The number of nitriles is 1. The summed E-state index contributed by atoms with van der Waals surface area (Å²) in [5, 5.41) is 9.37. The highest BCUT2D eigenvalue weighted by molar-refractivity contribution is 5.92. The molecule has 5 nitrogen and oxygen atoms in total. The fraction of sp³-hybridized carbons (Fsp3) is 0.250. The van der Waals surface area contributed by atoms with Crippen LogP contribution in [0.1, 0.15) is 25.3 Å². The van der Waals surface area contributed by atoms with Crippen molar-refractivity contribution in [1.29, 1.82) is 5.26 Å². The van der Waals surface area contributed by atoms with Crippen molar-refractivity contribution in [2.45, 2.75) is 19.8 Å². The summed E-state index contributed by atoms with van der Waals surface area (Å²) in [4.78, 5) is 12.2. The zero-order valence-corrected chi connectivity index (χ0v) is 11.9. The van der Waals surface area contributed by atoms with E-state index in [4.69, 9.17) is 15.2 Å². The quantitative estimate of drug-likeness (QED) is 0.861. The van der Waals surface area contributed by atoms with Gasteiger partial charge in [-0.05, 0) is 19.4 Å². The molecule has 0 bridgehead atoms. The Morgan fingerprint density at radius 3 is 2.67 bits per heavy atom. The number of esters is 1. The van der Waals surface area contributed by atoms with Gasteiger partial charge in [0.1, 0.15) is 17.4 Å². The summed E-state index contributed by atoms with van der Waals surface area (Å²) in [5.41, 5.74) is 7.12. The summed E-state index contributed by atoms with van der Waals surface area (Å²) in [5.74, 6) is -0.677. The highest BCUT2D eigenvalue weighted by Gasteiger charge is 2.35. The average molecular weight is 284 g/mol. The fourth-order valence-electron chi connectivity index (χ4n) is 2.33. The highest BCUT2D eigenvalue weighted by atomic mass is 16.5. The summed E-state index contributed by atoms with van der Waals surface area (Å²) in [7, 11) is 0. The zero-order valence-electron chi connectivity index (χ0n) is 11.9. The topological polar surface area (TPSA) is 85.3 Å². The molecule has 0 fully saturated rings. The van der Waals surface area contributed by atoms with E-state index in [2.05, 4.69) is 0 Å². The normalized spacial score (nSPS) is 18.0. The second kappa shape index (κ2) is 6.14. The average Bonchev–Trinajstić information content (AvgIpc) is 2.47. The van der Waals surface area contributed by atoms with E-state index in [1.807, 2.05) is 36.4 Å². The molecule has 0 amide bonds. The molecule has 0 radical (unpaired) electrons. The predicted molar refractivity (Wildman–Crippen MR) is 76.4 cm³/mol. The lowest BCUT2D eigenvalue weighted by Crippen LogP contribution is -2.25. The number of nitrogens with two attached hydrogens (primary N) is 1. The van der Waals surface area contributed by atoms with E-state index in [1.165, 1.54) is 0 Å². The van der Waals surface area contributed by atoms with Crippen molar-refractivity contribution in [2.75, 3.05) is 6.61 Å². The number of allylic oxidation sites excluding steroid dienone is 2. The summed E-state index contributed by atoms with van der Waals surface area (Å²) < 4.78 is 10.4. The summed E-state index contributed by atoms with van der Waals surface area (Å²) in [6.45, 7) is 3.62. The van der Waals surface area contributed by atoms with Crippen LogP contribution in [0.25, 0.3) is 0 Å². The Labute approximate surface area is 123 Å². The van der Waals surface area contributed by atoms with Gasteiger partial charge in [0.15, 0.2) is 0 Å². The van der Waals surface area contributed by atoms with Crippen LogP contribution in [0.3, 0.4) is 0 Å². The Bertz CT molecular complexity index is 654. The van der Waals surface area contributed by atoms with Crippen LogP contribution in [-0.2, 0) is 14.3 Å². The number of carbonyl (C=O) groups excluding carboxylic acids is 1. The number of ether oxygens (including phenoxy) is 2. The molecule has 0 aromatic heterocycles. The first kappa shape index (κ1) is 14.7. The third-order valence-electron chi connectivity index (χ3n) is 3.23. The lowest BCUT2D eigenvalue weighted by atomic mass is 9.83. The van der Waals surface area contributed by atoms with Gasteiger partial charge in [-0.15, -0.1) is 0 Å².